The molecule has 0 atom stereocenters. The van der Waals surface area contributed by atoms with Crippen molar-refractivity contribution in [2.45, 2.75) is 26.3 Å². The molecule has 0 aromatic carbocycles. The Kier molecular flexibility index (Phi) is 7.93. The average Bonchev–Trinajstić information content (AvgIpc) is 2.24. The Bertz CT molecular complexity index is 275. The zero-order valence-electron chi connectivity index (χ0n) is 10.4. The van der Waals surface area contributed by atoms with E-state index in [1.165, 1.54) is 0 Å². The quantitative estimate of drug-likeness (QED) is 0.637. The minimum absolute atomic E-state index is 0.0465. The molecule has 0 bridgehead atoms. The van der Waals surface area contributed by atoms with Crippen molar-refractivity contribution in [1.82, 2.24) is 10.2 Å². The lowest BCUT2D eigenvalue weighted by molar-refractivity contribution is -0.138. The fourth-order valence-electron chi connectivity index (χ4n) is 1.14. The minimum Gasteiger partial charge on any atom is -0.480 e. The predicted molar refractivity (Wildman–Crippen MR) is 59.7 cm³/mol. The minimum atomic E-state index is -2.54. The lowest BCUT2D eigenvalue weighted by Gasteiger charge is -2.25. The van der Waals surface area contributed by atoms with E-state index in [2.05, 4.69) is 10.1 Å². The predicted octanol–water partition coefficient (Wildman–Crippen LogP) is 0.773. The number of carboxylic acid groups (broad SMARTS) is 1. The summed E-state index contributed by atoms with van der Waals surface area (Å²) in [6.45, 7) is 2.26. The third-order valence-corrected chi connectivity index (χ3v) is 1.96. The Balaban J connectivity index is 3.93. The van der Waals surface area contributed by atoms with Crippen LogP contribution in [0, 0.1) is 0 Å². The molecule has 2 N–H and O–H groups in total. The smallest absolute Gasteiger partial charge is 0.323 e. The van der Waals surface area contributed by atoms with Gasteiger partial charge in [0.05, 0.1) is 6.61 Å². The second kappa shape index (κ2) is 8.62. The molecule has 0 spiro atoms. The van der Waals surface area contributed by atoms with Gasteiger partial charge in [-0.3, -0.25) is 4.79 Å². The zero-order valence-corrected chi connectivity index (χ0v) is 10.4. The molecule has 0 aliphatic rings. The first-order valence-corrected chi connectivity index (χ1v) is 5.46. The van der Waals surface area contributed by atoms with Crippen LogP contribution in [0.4, 0.5) is 13.6 Å². The number of hydrogen-bond donors (Lipinski definition) is 2. The summed E-state index contributed by atoms with van der Waals surface area (Å²) < 4.78 is 28.0. The first-order valence-electron chi connectivity index (χ1n) is 5.46. The molecule has 6 nitrogen and oxygen atoms in total. The standard InChI is InChI=1S/C10H18F2N2O4/c1-7(2)14(5-9(15)16)10(17)13-3-4-18-6-8(11)12/h7-8H,3-6H2,1-2H3,(H,13,17)(H,15,16). The van der Waals surface area contributed by atoms with Crippen LogP contribution in [-0.4, -0.2) is 60.8 Å². The lowest BCUT2D eigenvalue weighted by atomic mass is 10.3. The Labute approximate surface area is 104 Å². The number of nitrogens with zero attached hydrogens (tertiary/aromatic N) is 1. The molecule has 0 aliphatic carbocycles. The number of halogens is 2. The van der Waals surface area contributed by atoms with Crippen LogP contribution >= 0.6 is 0 Å². The van der Waals surface area contributed by atoms with Crippen LogP contribution in [0.25, 0.3) is 0 Å². The molecule has 0 aromatic heterocycles. The van der Waals surface area contributed by atoms with Gasteiger partial charge in [0, 0.05) is 12.6 Å². The number of rotatable bonds is 8. The van der Waals surface area contributed by atoms with Crippen molar-refractivity contribution in [3.8, 4) is 0 Å². The highest BCUT2D eigenvalue weighted by Gasteiger charge is 2.19. The number of carbonyl (C=O) groups excluding carboxylic acids is 1. The number of carbonyl (C=O) groups is 2. The monoisotopic (exact) mass is 268 g/mol. The van der Waals surface area contributed by atoms with Crippen LogP contribution in [0.1, 0.15) is 13.8 Å². The fraction of sp³-hybridized carbons (Fsp3) is 0.800. The fourth-order valence-corrected chi connectivity index (χ4v) is 1.14. The van der Waals surface area contributed by atoms with E-state index in [1.54, 1.807) is 13.8 Å². The highest BCUT2D eigenvalue weighted by atomic mass is 19.3. The van der Waals surface area contributed by atoms with E-state index in [0.29, 0.717) is 0 Å². The second-order valence-corrected chi connectivity index (χ2v) is 3.81. The van der Waals surface area contributed by atoms with Crippen molar-refractivity contribution in [2.75, 3.05) is 26.3 Å². The molecule has 0 unspecified atom stereocenters. The van der Waals surface area contributed by atoms with Crippen LogP contribution in [0.3, 0.4) is 0 Å². The highest BCUT2D eigenvalue weighted by molar-refractivity contribution is 5.80. The van der Waals surface area contributed by atoms with Crippen LogP contribution < -0.4 is 5.32 Å². The molecule has 0 saturated heterocycles. The molecular weight excluding hydrogens is 250 g/mol. The largest absolute Gasteiger partial charge is 0.480 e. The van der Waals surface area contributed by atoms with Gasteiger partial charge < -0.3 is 20.1 Å². The maximum atomic E-state index is 11.7. The van der Waals surface area contributed by atoms with E-state index in [1.807, 2.05) is 0 Å². The van der Waals surface area contributed by atoms with E-state index in [4.69, 9.17) is 5.11 Å². The molecule has 0 aliphatic heterocycles. The number of hydrogen-bond acceptors (Lipinski definition) is 3. The highest BCUT2D eigenvalue weighted by Crippen LogP contribution is 1.98. The first-order chi connectivity index (χ1) is 8.34. The van der Waals surface area contributed by atoms with Crippen molar-refractivity contribution >= 4 is 12.0 Å². The molecule has 0 rings (SSSR count). The molecule has 0 saturated carbocycles. The van der Waals surface area contributed by atoms with E-state index < -0.39 is 31.6 Å². The molecule has 2 amide bonds. The first kappa shape index (κ1) is 16.6. The number of aliphatic carboxylic acids is 1. The van der Waals surface area contributed by atoms with E-state index in [9.17, 15) is 18.4 Å². The number of alkyl halides is 2. The Hall–Kier alpha value is -1.44. The van der Waals surface area contributed by atoms with Crippen LogP contribution in [0.2, 0.25) is 0 Å². The van der Waals surface area contributed by atoms with Gasteiger partial charge in [0.25, 0.3) is 6.43 Å². The van der Waals surface area contributed by atoms with Gasteiger partial charge in [0.15, 0.2) is 0 Å². The summed E-state index contributed by atoms with van der Waals surface area (Å²) in [5.41, 5.74) is 0. The van der Waals surface area contributed by atoms with Gasteiger partial charge in [-0.25, -0.2) is 13.6 Å². The normalized spacial score (nSPS) is 10.8. The summed E-state index contributed by atoms with van der Waals surface area (Å²) in [5, 5.41) is 11.0. The summed E-state index contributed by atoms with van der Waals surface area (Å²) >= 11 is 0. The van der Waals surface area contributed by atoms with E-state index in [-0.39, 0.29) is 19.2 Å². The number of urea groups is 1. The van der Waals surface area contributed by atoms with Gasteiger partial charge >= 0.3 is 12.0 Å². The number of nitrogens with one attached hydrogen (secondary N) is 1. The average molecular weight is 268 g/mol. The summed E-state index contributed by atoms with van der Waals surface area (Å²) in [4.78, 5) is 23.2. The topological polar surface area (TPSA) is 78.9 Å². The van der Waals surface area contributed by atoms with Crippen molar-refractivity contribution in [3.63, 3.8) is 0 Å². The van der Waals surface area contributed by atoms with Crippen molar-refractivity contribution in [2.24, 2.45) is 0 Å². The van der Waals surface area contributed by atoms with Crippen molar-refractivity contribution < 1.29 is 28.2 Å². The lowest BCUT2D eigenvalue weighted by Crippen LogP contribution is -2.47. The molecule has 0 heterocycles. The molecule has 106 valence electrons. The van der Waals surface area contributed by atoms with Crippen molar-refractivity contribution in [3.05, 3.63) is 0 Å². The summed E-state index contributed by atoms with van der Waals surface area (Å²) in [7, 11) is 0. The van der Waals surface area contributed by atoms with Crippen molar-refractivity contribution in [1.29, 1.82) is 0 Å². The molecule has 0 fully saturated rings. The third kappa shape index (κ3) is 7.77. The number of carboxylic acids is 1. The SMILES string of the molecule is CC(C)N(CC(=O)O)C(=O)NCCOCC(F)F. The van der Waals surface area contributed by atoms with Gasteiger partial charge in [0.2, 0.25) is 0 Å². The summed E-state index contributed by atoms with van der Waals surface area (Å²) in [6, 6.07) is -0.837. The van der Waals surface area contributed by atoms with E-state index in [0.717, 1.165) is 4.90 Å². The molecule has 8 heteroatoms. The van der Waals surface area contributed by atoms with Crippen LogP contribution in [-0.2, 0) is 9.53 Å². The Morgan fingerprint density at radius 3 is 2.44 bits per heavy atom. The molecular formula is C10H18F2N2O4. The Morgan fingerprint density at radius 2 is 2.00 bits per heavy atom. The van der Waals surface area contributed by atoms with Gasteiger partial charge in [-0.15, -0.1) is 0 Å². The second-order valence-electron chi connectivity index (χ2n) is 3.81. The third-order valence-electron chi connectivity index (χ3n) is 1.96. The number of ether oxygens (including phenoxy) is 1. The molecule has 0 radical (unpaired) electrons. The van der Waals surface area contributed by atoms with E-state index >= 15 is 0 Å². The van der Waals surface area contributed by atoms with Crippen LogP contribution in [0.15, 0.2) is 0 Å². The molecule has 0 aromatic rings. The maximum absolute atomic E-state index is 11.7. The van der Waals surface area contributed by atoms with Gasteiger partial charge in [-0.2, -0.15) is 0 Å². The van der Waals surface area contributed by atoms with Gasteiger partial charge in [0.1, 0.15) is 13.2 Å². The number of amides is 2. The zero-order chi connectivity index (χ0) is 14.1. The van der Waals surface area contributed by atoms with Crippen LogP contribution in [0.5, 0.6) is 0 Å². The van der Waals surface area contributed by atoms with Gasteiger partial charge in [-0.05, 0) is 13.8 Å². The molecule has 18 heavy (non-hydrogen) atoms. The summed E-state index contributed by atoms with van der Waals surface area (Å²) in [5.74, 6) is -1.12. The maximum Gasteiger partial charge on any atom is 0.323 e. The summed E-state index contributed by atoms with van der Waals surface area (Å²) in [6.07, 6.45) is -2.54. The van der Waals surface area contributed by atoms with Gasteiger partial charge in [-0.1, -0.05) is 0 Å². The Morgan fingerprint density at radius 1 is 1.39 bits per heavy atom.